The van der Waals surface area contributed by atoms with E-state index in [9.17, 15) is 0 Å². The number of benzene rings is 2. The van der Waals surface area contributed by atoms with E-state index in [-0.39, 0.29) is 11.0 Å². The summed E-state index contributed by atoms with van der Waals surface area (Å²) in [5, 5.41) is 0. The van der Waals surface area contributed by atoms with Gasteiger partial charge in [0.15, 0.2) is 7.28 Å². The molecule has 2 aromatic carbocycles. The summed E-state index contributed by atoms with van der Waals surface area (Å²) >= 11 is 0. The molecule has 0 fully saturated rings. The van der Waals surface area contributed by atoms with Crippen molar-refractivity contribution in [2.24, 2.45) is 0 Å². The van der Waals surface area contributed by atoms with E-state index in [2.05, 4.69) is 19.4 Å². The molecule has 3 nitrogen and oxygen atoms in total. The van der Waals surface area contributed by atoms with Crippen LogP contribution in [0.1, 0.15) is 0 Å². The summed E-state index contributed by atoms with van der Waals surface area (Å²) in [4.78, 5) is 0. The highest BCUT2D eigenvalue weighted by atomic mass is 16.0. The number of nitrogens with two attached hydrogens (primary N) is 1. The number of para-hydroxylation sites is 1. The van der Waals surface area contributed by atoms with Gasteiger partial charge in [0.05, 0.1) is 0 Å². The molecule has 0 aliphatic carbocycles. The first kappa shape index (κ1) is 14.2. The minimum Gasteiger partial charge on any atom is -0.412 e. The molecule has 0 unspecified atom stereocenters. The minimum absolute atomic E-state index is 0. The Morgan fingerprint density at radius 2 is 1.31 bits per heavy atom. The van der Waals surface area contributed by atoms with E-state index in [1.165, 1.54) is 5.46 Å². The summed E-state index contributed by atoms with van der Waals surface area (Å²) in [6.07, 6.45) is 0. The second-order valence-electron chi connectivity index (χ2n) is 3.18. The Balaban J connectivity index is 0.00000112. The molecule has 0 aromatic heterocycles. The maximum absolute atomic E-state index is 5.84. The lowest BCUT2D eigenvalue weighted by Crippen LogP contribution is -2.28. The fourth-order valence-corrected chi connectivity index (χ4v) is 1.37. The van der Waals surface area contributed by atoms with Crippen LogP contribution in [0.3, 0.4) is 0 Å². The highest BCUT2D eigenvalue weighted by Gasteiger charge is 2.00. The van der Waals surface area contributed by atoms with E-state index in [0.717, 1.165) is 11.2 Å². The van der Waals surface area contributed by atoms with Gasteiger partial charge in [-0.3, -0.25) is 0 Å². The molecular weight excluding hydrogens is 201 g/mol. The molecular formula is C12H15BNO2. The number of hydrogen-bond donors (Lipinski definition) is 1. The van der Waals surface area contributed by atoms with Crippen molar-refractivity contribution in [2.75, 3.05) is 5.73 Å². The Labute approximate surface area is 95.8 Å². The van der Waals surface area contributed by atoms with Gasteiger partial charge in [0.1, 0.15) is 0 Å². The van der Waals surface area contributed by atoms with Crippen LogP contribution in [0.25, 0.3) is 0 Å². The summed E-state index contributed by atoms with van der Waals surface area (Å²) in [5.41, 5.74) is 8.89. The third-order valence-corrected chi connectivity index (χ3v) is 2.12. The minimum atomic E-state index is 0. The zero-order valence-corrected chi connectivity index (χ0v) is 8.85. The van der Waals surface area contributed by atoms with E-state index >= 15 is 0 Å². The van der Waals surface area contributed by atoms with E-state index in [1.54, 1.807) is 0 Å². The Morgan fingerprint density at radius 1 is 0.750 bits per heavy atom. The van der Waals surface area contributed by atoms with Crippen molar-refractivity contribution in [3.63, 3.8) is 0 Å². The van der Waals surface area contributed by atoms with Crippen LogP contribution in [0.5, 0.6) is 0 Å². The summed E-state index contributed by atoms with van der Waals surface area (Å²) in [6, 6.07) is 18.0. The normalized spacial score (nSPS) is 8.50. The van der Waals surface area contributed by atoms with Gasteiger partial charge in [-0.1, -0.05) is 59.5 Å². The van der Waals surface area contributed by atoms with Gasteiger partial charge in [0, 0.05) is 5.69 Å². The van der Waals surface area contributed by atoms with E-state index in [1.807, 2.05) is 42.5 Å². The maximum atomic E-state index is 5.84. The maximum Gasteiger partial charge on any atom is 0.194 e. The molecule has 2 rings (SSSR count). The van der Waals surface area contributed by atoms with Gasteiger partial charge in [-0.2, -0.15) is 0 Å². The predicted molar refractivity (Wildman–Crippen MR) is 69.5 cm³/mol. The van der Waals surface area contributed by atoms with Crippen molar-refractivity contribution < 1.29 is 11.0 Å². The number of anilines is 1. The SMILES string of the molecule is Nc1ccccc1[B]c1ccccc1.O.O. The number of hydrogen-bond acceptors (Lipinski definition) is 1. The summed E-state index contributed by atoms with van der Waals surface area (Å²) < 4.78 is 0. The van der Waals surface area contributed by atoms with Crippen molar-refractivity contribution in [1.29, 1.82) is 0 Å². The van der Waals surface area contributed by atoms with Gasteiger partial charge in [-0.25, -0.2) is 0 Å². The third kappa shape index (κ3) is 3.42. The van der Waals surface area contributed by atoms with Crippen LogP contribution < -0.4 is 16.7 Å². The first-order chi connectivity index (χ1) is 6.86. The van der Waals surface area contributed by atoms with Crippen molar-refractivity contribution in [1.82, 2.24) is 0 Å². The first-order valence-corrected chi connectivity index (χ1v) is 4.60. The van der Waals surface area contributed by atoms with Crippen LogP contribution in [0.15, 0.2) is 54.6 Å². The summed E-state index contributed by atoms with van der Waals surface area (Å²) in [6.45, 7) is 0. The van der Waals surface area contributed by atoms with Crippen LogP contribution in [-0.2, 0) is 0 Å². The second kappa shape index (κ2) is 6.66. The summed E-state index contributed by atoms with van der Waals surface area (Å²) in [5.74, 6) is 0. The lowest BCUT2D eigenvalue weighted by molar-refractivity contribution is 0.823. The van der Waals surface area contributed by atoms with Gasteiger partial charge >= 0.3 is 0 Å². The third-order valence-electron chi connectivity index (χ3n) is 2.12. The molecule has 0 aliphatic rings. The smallest absolute Gasteiger partial charge is 0.194 e. The van der Waals surface area contributed by atoms with Gasteiger partial charge in [0.25, 0.3) is 0 Å². The molecule has 6 N–H and O–H groups in total. The molecule has 83 valence electrons. The van der Waals surface area contributed by atoms with E-state index in [0.29, 0.717) is 0 Å². The second-order valence-corrected chi connectivity index (χ2v) is 3.18. The first-order valence-electron chi connectivity index (χ1n) is 4.60. The zero-order valence-electron chi connectivity index (χ0n) is 8.85. The van der Waals surface area contributed by atoms with Gasteiger partial charge in [-0.15, -0.1) is 0 Å². The molecule has 0 heterocycles. The molecule has 0 aliphatic heterocycles. The van der Waals surface area contributed by atoms with Crippen LogP contribution in [-0.4, -0.2) is 18.2 Å². The molecule has 0 atom stereocenters. The highest BCUT2D eigenvalue weighted by molar-refractivity contribution is 6.68. The Hall–Kier alpha value is -1.78. The van der Waals surface area contributed by atoms with E-state index in [4.69, 9.17) is 5.73 Å². The standard InChI is InChI=1S/C12H11BN.2H2O/c14-12-9-5-4-8-11(12)13-10-6-2-1-3-7-10;;/h1-9H,14H2;2*1H2. The molecule has 0 spiro atoms. The Morgan fingerprint density at radius 3 is 1.94 bits per heavy atom. The van der Waals surface area contributed by atoms with Crippen molar-refractivity contribution >= 4 is 23.9 Å². The largest absolute Gasteiger partial charge is 0.412 e. The van der Waals surface area contributed by atoms with Crippen LogP contribution in [0.4, 0.5) is 5.69 Å². The monoisotopic (exact) mass is 216 g/mol. The number of rotatable bonds is 2. The zero-order chi connectivity index (χ0) is 9.80. The lowest BCUT2D eigenvalue weighted by Gasteiger charge is -2.03. The fraction of sp³-hybridized carbons (Fsp3) is 0. The van der Waals surface area contributed by atoms with Crippen molar-refractivity contribution in [3.05, 3.63) is 54.6 Å². The van der Waals surface area contributed by atoms with Crippen molar-refractivity contribution in [3.8, 4) is 0 Å². The van der Waals surface area contributed by atoms with Crippen LogP contribution in [0.2, 0.25) is 0 Å². The topological polar surface area (TPSA) is 89.0 Å². The van der Waals surface area contributed by atoms with E-state index < -0.39 is 0 Å². The average molecular weight is 216 g/mol. The highest BCUT2D eigenvalue weighted by Crippen LogP contribution is 1.95. The predicted octanol–water partition coefficient (Wildman–Crippen LogP) is -0.726. The average Bonchev–Trinajstić information content (AvgIpc) is 2.23. The molecule has 16 heavy (non-hydrogen) atoms. The number of nitrogen functional groups attached to an aromatic ring is 1. The molecule has 0 amide bonds. The molecule has 2 aromatic rings. The van der Waals surface area contributed by atoms with Gasteiger partial charge in [0.2, 0.25) is 0 Å². The Bertz CT molecular complexity index is 420. The Kier molecular flexibility index (Phi) is 5.92. The fourth-order valence-electron chi connectivity index (χ4n) is 1.37. The van der Waals surface area contributed by atoms with Crippen molar-refractivity contribution in [2.45, 2.75) is 0 Å². The molecule has 0 saturated carbocycles. The molecule has 0 saturated heterocycles. The molecule has 1 radical (unpaired) electrons. The summed E-state index contributed by atoms with van der Waals surface area (Å²) in [7, 11) is 2.08. The van der Waals surface area contributed by atoms with Gasteiger partial charge < -0.3 is 16.7 Å². The quantitative estimate of drug-likeness (QED) is 0.520. The van der Waals surface area contributed by atoms with Crippen LogP contribution >= 0.6 is 0 Å². The lowest BCUT2D eigenvalue weighted by atomic mass is 9.63. The molecule has 4 heteroatoms. The molecule has 0 bridgehead atoms. The van der Waals surface area contributed by atoms with Crippen LogP contribution in [0, 0.1) is 0 Å². The van der Waals surface area contributed by atoms with Gasteiger partial charge in [-0.05, 0) is 6.07 Å².